The summed E-state index contributed by atoms with van der Waals surface area (Å²) in [6.07, 6.45) is -0.229. The molecule has 104 valence electrons. The summed E-state index contributed by atoms with van der Waals surface area (Å²) in [5.74, 6) is -1.17. The maximum atomic E-state index is 13.2. The van der Waals surface area contributed by atoms with E-state index in [9.17, 15) is 9.18 Å². The van der Waals surface area contributed by atoms with Gasteiger partial charge in [-0.25, -0.2) is 4.39 Å². The number of aliphatic carboxylic acids is 1. The van der Waals surface area contributed by atoms with Crippen LogP contribution in [0.2, 0.25) is 0 Å². The monoisotopic (exact) mass is 331 g/mol. The summed E-state index contributed by atoms with van der Waals surface area (Å²) in [6.45, 7) is 3.21. The highest BCUT2D eigenvalue weighted by molar-refractivity contribution is 9.10. The predicted octanol–water partition coefficient (Wildman–Crippen LogP) is 2.43. The SMILES string of the molecule is CC(C(=O)O)N1CCOC(c2ccc(F)c(Br)c2)C1. The lowest BCUT2D eigenvalue weighted by Crippen LogP contribution is -2.46. The van der Waals surface area contributed by atoms with E-state index in [1.54, 1.807) is 19.1 Å². The minimum absolute atomic E-state index is 0.229. The molecule has 0 saturated carbocycles. The summed E-state index contributed by atoms with van der Waals surface area (Å²) in [5, 5.41) is 9.03. The maximum absolute atomic E-state index is 13.2. The van der Waals surface area contributed by atoms with Crippen LogP contribution in [0.4, 0.5) is 4.39 Å². The van der Waals surface area contributed by atoms with Crippen LogP contribution in [-0.2, 0) is 9.53 Å². The first kappa shape index (κ1) is 14.4. The van der Waals surface area contributed by atoms with Crippen molar-refractivity contribution in [3.8, 4) is 0 Å². The standard InChI is InChI=1S/C13H15BrFNO3/c1-8(13(17)18)16-4-5-19-12(7-16)9-2-3-11(15)10(14)6-9/h2-3,6,8,12H,4-5,7H2,1H3,(H,17,18). The molecular formula is C13H15BrFNO3. The fourth-order valence-electron chi connectivity index (χ4n) is 2.09. The molecule has 0 amide bonds. The summed E-state index contributed by atoms with van der Waals surface area (Å²) in [4.78, 5) is 12.9. The van der Waals surface area contributed by atoms with Gasteiger partial charge in [0.15, 0.2) is 0 Å². The second-order valence-corrected chi connectivity index (χ2v) is 5.40. The van der Waals surface area contributed by atoms with Gasteiger partial charge in [-0.3, -0.25) is 9.69 Å². The number of morpholine rings is 1. The highest BCUT2D eigenvalue weighted by atomic mass is 79.9. The molecule has 1 heterocycles. The highest BCUT2D eigenvalue weighted by Crippen LogP contribution is 2.27. The second-order valence-electron chi connectivity index (χ2n) is 4.54. The van der Waals surface area contributed by atoms with Crippen LogP contribution in [0, 0.1) is 5.82 Å². The number of ether oxygens (including phenoxy) is 1. The molecule has 1 aromatic carbocycles. The Balaban J connectivity index is 2.12. The summed E-state index contributed by atoms with van der Waals surface area (Å²) < 4.78 is 19.2. The normalized spacial score (nSPS) is 22.2. The second kappa shape index (κ2) is 5.98. The van der Waals surface area contributed by atoms with E-state index in [1.165, 1.54) is 6.07 Å². The van der Waals surface area contributed by atoms with Crippen LogP contribution in [0.3, 0.4) is 0 Å². The molecule has 0 bridgehead atoms. The summed E-state index contributed by atoms with van der Waals surface area (Å²) in [5.41, 5.74) is 0.843. The van der Waals surface area contributed by atoms with Crippen LogP contribution in [-0.4, -0.2) is 41.7 Å². The molecule has 4 nitrogen and oxygen atoms in total. The summed E-state index contributed by atoms with van der Waals surface area (Å²) in [7, 11) is 0. The predicted molar refractivity (Wildman–Crippen MR) is 71.5 cm³/mol. The Morgan fingerprint density at radius 1 is 1.63 bits per heavy atom. The Labute approximate surface area is 119 Å². The van der Waals surface area contributed by atoms with Crippen molar-refractivity contribution in [2.75, 3.05) is 19.7 Å². The van der Waals surface area contributed by atoms with E-state index < -0.39 is 12.0 Å². The van der Waals surface area contributed by atoms with Gasteiger partial charge in [-0.05, 0) is 40.5 Å². The number of carboxylic acids is 1. The van der Waals surface area contributed by atoms with E-state index in [0.29, 0.717) is 24.2 Å². The van der Waals surface area contributed by atoms with Gasteiger partial charge < -0.3 is 9.84 Å². The molecule has 1 aromatic rings. The molecule has 1 aliphatic rings. The fraction of sp³-hybridized carbons (Fsp3) is 0.462. The number of benzene rings is 1. The molecule has 1 N–H and O–H groups in total. The highest BCUT2D eigenvalue weighted by Gasteiger charge is 2.28. The third-order valence-corrected chi connectivity index (χ3v) is 3.93. The number of carbonyl (C=O) groups is 1. The minimum atomic E-state index is -0.846. The van der Waals surface area contributed by atoms with Gasteiger partial charge in [-0.2, -0.15) is 0 Å². The number of rotatable bonds is 3. The first-order valence-corrected chi connectivity index (χ1v) is 6.81. The lowest BCUT2D eigenvalue weighted by Gasteiger charge is -2.35. The van der Waals surface area contributed by atoms with E-state index in [0.717, 1.165) is 5.56 Å². The maximum Gasteiger partial charge on any atom is 0.320 e. The largest absolute Gasteiger partial charge is 0.480 e. The van der Waals surface area contributed by atoms with Crippen LogP contribution in [0.5, 0.6) is 0 Å². The third kappa shape index (κ3) is 3.32. The molecule has 2 unspecified atom stereocenters. The first-order chi connectivity index (χ1) is 8.99. The third-order valence-electron chi connectivity index (χ3n) is 3.32. The van der Waals surface area contributed by atoms with E-state index in [-0.39, 0.29) is 11.9 Å². The van der Waals surface area contributed by atoms with Crippen LogP contribution < -0.4 is 0 Å². The van der Waals surface area contributed by atoms with Gasteiger partial charge in [0.2, 0.25) is 0 Å². The van der Waals surface area contributed by atoms with Crippen molar-refractivity contribution in [3.05, 3.63) is 34.1 Å². The van der Waals surface area contributed by atoms with Gasteiger partial charge in [0.25, 0.3) is 0 Å². The first-order valence-electron chi connectivity index (χ1n) is 6.02. The topological polar surface area (TPSA) is 49.8 Å². The van der Waals surface area contributed by atoms with Crippen molar-refractivity contribution in [3.63, 3.8) is 0 Å². The molecule has 0 aliphatic carbocycles. The molecule has 19 heavy (non-hydrogen) atoms. The zero-order valence-electron chi connectivity index (χ0n) is 10.5. The summed E-state index contributed by atoms with van der Waals surface area (Å²) >= 11 is 3.14. The van der Waals surface area contributed by atoms with E-state index in [1.807, 2.05) is 4.90 Å². The molecular weight excluding hydrogens is 317 g/mol. The molecule has 1 fully saturated rings. The van der Waals surface area contributed by atoms with Crippen molar-refractivity contribution < 1.29 is 19.0 Å². The Morgan fingerprint density at radius 2 is 2.37 bits per heavy atom. The number of nitrogens with zero attached hydrogens (tertiary/aromatic N) is 1. The van der Waals surface area contributed by atoms with Crippen molar-refractivity contribution in [2.24, 2.45) is 0 Å². The van der Waals surface area contributed by atoms with Crippen molar-refractivity contribution in [1.29, 1.82) is 0 Å². The molecule has 0 aromatic heterocycles. The molecule has 1 saturated heterocycles. The number of hydrogen-bond acceptors (Lipinski definition) is 3. The molecule has 6 heteroatoms. The number of carboxylic acid groups (broad SMARTS) is 1. The number of halogens is 2. The Kier molecular flexibility index (Phi) is 4.54. The Morgan fingerprint density at radius 3 is 3.00 bits per heavy atom. The molecule has 1 aliphatic heterocycles. The quantitative estimate of drug-likeness (QED) is 0.924. The molecule has 0 spiro atoms. The fourth-order valence-corrected chi connectivity index (χ4v) is 2.49. The Hall–Kier alpha value is -0.980. The average molecular weight is 332 g/mol. The smallest absolute Gasteiger partial charge is 0.320 e. The van der Waals surface area contributed by atoms with Crippen LogP contribution >= 0.6 is 15.9 Å². The van der Waals surface area contributed by atoms with E-state index in [2.05, 4.69) is 15.9 Å². The van der Waals surface area contributed by atoms with Gasteiger partial charge in [0.1, 0.15) is 11.9 Å². The van der Waals surface area contributed by atoms with Crippen molar-refractivity contribution in [1.82, 2.24) is 4.90 Å². The van der Waals surface area contributed by atoms with Crippen molar-refractivity contribution >= 4 is 21.9 Å². The van der Waals surface area contributed by atoms with Gasteiger partial charge in [0.05, 0.1) is 17.2 Å². The molecule has 2 rings (SSSR count). The average Bonchev–Trinajstić information content (AvgIpc) is 2.41. The van der Waals surface area contributed by atoms with Gasteiger partial charge >= 0.3 is 5.97 Å². The Bertz CT molecular complexity index is 483. The molecule has 0 radical (unpaired) electrons. The van der Waals surface area contributed by atoms with Crippen LogP contribution in [0.1, 0.15) is 18.6 Å². The van der Waals surface area contributed by atoms with Crippen molar-refractivity contribution in [2.45, 2.75) is 19.1 Å². The van der Waals surface area contributed by atoms with Crippen LogP contribution in [0.25, 0.3) is 0 Å². The number of hydrogen-bond donors (Lipinski definition) is 1. The lowest BCUT2D eigenvalue weighted by molar-refractivity contribution is -0.145. The van der Waals surface area contributed by atoms with Crippen LogP contribution in [0.15, 0.2) is 22.7 Å². The lowest BCUT2D eigenvalue weighted by atomic mass is 10.1. The minimum Gasteiger partial charge on any atom is -0.480 e. The van der Waals surface area contributed by atoms with E-state index in [4.69, 9.17) is 9.84 Å². The van der Waals surface area contributed by atoms with Gasteiger partial charge in [-0.15, -0.1) is 0 Å². The summed E-state index contributed by atoms with van der Waals surface area (Å²) in [6, 6.07) is 4.17. The van der Waals surface area contributed by atoms with Gasteiger partial charge in [0, 0.05) is 13.1 Å². The van der Waals surface area contributed by atoms with E-state index >= 15 is 0 Å². The zero-order chi connectivity index (χ0) is 14.0. The van der Waals surface area contributed by atoms with Gasteiger partial charge in [-0.1, -0.05) is 6.07 Å². The zero-order valence-corrected chi connectivity index (χ0v) is 12.1. The molecule has 2 atom stereocenters.